The van der Waals surface area contributed by atoms with Crippen molar-refractivity contribution in [1.82, 2.24) is 10.2 Å². The molecule has 1 aromatic heterocycles. The molecule has 3 aromatic rings. The molecule has 0 amide bonds. The fourth-order valence-electron chi connectivity index (χ4n) is 2.61. The summed E-state index contributed by atoms with van der Waals surface area (Å²) < 4.78 is 15.1. The Kier molecular flexibility index (Phi) is 4.73. The molecule has 2 N–H and O–H groups in total. The van der Waals surface area contributed by atoms with Crippen molar-refractivity contribution in [2.45, 2.75) is 12.3 Å². The fourth-order valence-corrected chi connectivity index (χ4v) is 3.17. The molecule has 0 aliphatic heterocycles. The van der Waals surface area contributed by atoms with E-state index in [0.717, 1.165) is 5.39 Å². The number of fused-ring (bicyclic) bond motifs is 1. The molecule has 3 rings (SSSR count). The van der Waals surface area contributed by atoms with E-state index in [1.54, 1.807) is 30.3 Å². The number of carboxylic acid groups (broad SMARTS) is 1. The second-order valence-corrected chi connectivity index (χ2v) is 6.64. The van der Waals surface area contributed by atoms with Gasteiger partial charge in [0, 0.05) is 15.2 Å². The van der Waals surface area contributed by atoms with Crippen molar-refractivity contribution < 1.29 is 14.3 Å². The summed E-state index contributed by atoms with van der Waals surface area (Å²) in [7, 11) is 0. The summed E-state index contributed by atoms with van der Waals surface area (Å²) in [6.07, 6.45) is -0.00391. The molecule has 1 unspecified atom stereocenters. The Hall–Kier alpha value is -2.12. The lowest BCUT2D eigenvalue weighted by atomic mass is 9.93. The Labute approximate surface area is 150 Å². The highest BCUT2D eigenvalue weighted by Crippen LogP contribution is 2.28. The largest absolute Gasteiger partial charge is 0.481 e. The number of carbonyl (C=O) groups is 1. The summed E-state index contributed by atoms with van der Waals surface area (Å²) in [5.41, 5.74) is 0.660. The zero-order valence-electron chi connectivity index (χ0n) is 12.3. The second-order valence-electron chi connectivity index (χ2n) is 5.31. The van der Waals surface area contributed by atoms with Crippen LogP contribution in [0, 0.1) is 10.5 Å². The van der Waals surface area contributed by atoms with Crippen molar-refractivity contribution >= 4 is 44.9 Å². The van der Waals surface area contributed by atoms with Gasteiger partial charge in [-0.2, -0.15) is 5.10 Å². The number of carboxylic acids is 1. The molecule has 0 aliphatic rings. The first kappa shape index (κ1) is 16.7. The van der Waals surface area contributed by atoms with E-state index in [-0.39, 0.29) is 6.42 Å². The molecule has 0 radical (unpaired) electrons. The van der Waals surface area contributed by atoms with E-state index in [4.69, 9.17) is 12.2 Å². The van der Waals surface area contributed by atoms with Gasteiger partial charge in [-0.15, -0.1) is 0 Å². The fraction of sp³-hybridized carbons (Fsp3) is 0.118. The van der Waals surface area contributed by atoms with E-state index < -0.39 is 17.7 Å². The van der Waals surface area contributed by atoms with Crippen molar-refractivity contribution in [3.8, 4) is 0 Å². The van der Waals surface area contributed by atoms with E-state index in [1.165, 1.54) is 6.07 Å². The number of hydrogen-bond acceptors (Lipinski definition) is 3. The maximum Gasteiger partial charge on any atom is 0.313 e. The standard InChI is InChI=1S/C17H12BrFN2O2S/c18-10-6-5-9(14(19)8-10)7-13(17(22)23)15-11-3-1-2-4-12(11)16(24)21-20-15/h1-6,8,13H,7H2,(H,21,24)(H,22,23). The quantitative estimate of drug-likeness (QED) is 0.621. The Morgan fingerprint density at radius 2 is 2.00 bits per heavy atom. The summed E-state index contributed by atoms with van der Waals surface area (Å²) in [6, 6.07) is 11.8. The molecule has 0 bridgehead atoms. The van der Waals surface area contributed by atoms with Crippen molar-refractivity contribution in [2.75, 3.05) is 0 Å². The minimum absolute atomic E-state index is 0.00391. The number of nitrogens with one attached hydrogen (secondary N) is 1. The molecule has 122 valence electrons. The zero-order chi connectivity index (χ0) is 17.3. The Morgan fingerprint density at radius 1 is 1.29 bits per heavy atom. The minimum Gasteiger partial charge on any atom is -0.481 e. The molecular formula is C17H12BrFN2O2S. The summed E-state index contributed by atoms with van der Waals surface area (Å²) in [4.78, 5) is 11.8. The summed E-state index contributed by atoms with van der Waals surface area (Å²) in [5.74, 6) is -2.51. The van der Waals surface area contributed by atoms with Crippen LogP contribution in [0.5, 0.6) is 0 Å². The molecule has 2 aromatic carbocycles. The normalized spacial score (nSPS) is 12.2. The molecule has 1 heterocycles. The number of nitrogens with zero attached hydrogens (tertiary/aromatic N) is 1. The average molecular weight is 407 g/mol. The molecule has 24 heavy (non-hydrogen) atoms. The van der Waals surface area contributed by atoms with Gasteiger partial charge >= 0.3 is 5.97 Å². The van der Waals surface area contributed by atoms with Gasteiger partial charge in [0.2, 0.25) is 0 Å². The molecule has 0 saturated carbocycles. The van der Waals surface area contributed by atoms with Crippen LogP contribution in [0.1, 0.15) is 17.2 Å². The van der Waals surface area contributed by atoms with E-state index in [0.29, 0.717) is 25.8 Å². The Bertz CT molecular complexity index is 990. The number of rotatable bonds is 4. The predicted octanol–water partition coefficient (Wildman–Crippen LogP) is 4.60. The number of H-pyrrole nitrogens is 1. The summed E-state index contributed by atoms with van der Waals surface area (Å²) in [5, 5.41) is 17.8. The molecule has 0 aliphatic carbocycles. The predicted molar refractivity (Wildman–Crippen MR) is 95.1 cm³/mol. The number of aliphatic carboxylic acids is 1. The maximum absolute atomic E-state index is 14.1. The van der Waals surface area contributed by atoms with Gasteiger partial charge in [-0.1, -0.05) is 58.5 Å². The highest BCUT2D eigenvalue weighted by molar-refractivity contribution is 9.10. The number of aromatic amines is 1. The van der Waals surface area contributed by atoms with Crippen molar-refractivity contribution in [2.24, 2.45) is 0 Å². The van der Waals surface area contributed by atoms with Crippen LogP contribution in [-0.4, -0.2) is 21.3 Å². The van der Waals surface area contributed by atoms with E-state index in [1.807, 2.05) is 6.07 Å². The van der Waals surface area contributed by atoms with Gasteiger partial charge in [-0.05, 0) is 24.1 Å². The van der Waals surface area contributed by atoms with Gasteiger partial charge in [0.05, 0.1) is 5.69 Å². The summed E-state index contributed by atoms with van der Waals surface area (Å²) >= 11 is 8.39. The first-order valence-electron chi connectivity index (χ1n) is 7.11. The van der Waals surface area contributed by atoms with Crippen molar-refractivity contribution in [3.05, 3.63) is 68.7 Å². The monoisotopic (exact) mass is 406 g/mol. The highest BCUT2D eigenvalue weighted by atomic mass is 79.9. The second kappa shape index (κ2) is 6.78. The Balaban J connectivity index is 2.11. The van der Waals surface area contributed by atoms with Gasteiger partial charge in [0.1, 0.15) is 16.4 Å². The highest BCUT2D eigenvalue weighted by Gasteiger charge is 2.25. The van der Waals surface area contributed by atoms with E-state index in [2.05, 4.69) is 26.1 Å². The number of benzene rings is 2. The first-order valence-corrected chi connectivity index (χ1v) is 8.31. The van der Waals surface area contributed by atoms with Crippen LogP contribution in [0.3, 0.4) is 0 Å². The third kappa shape index (κ3) is 3.22. The van der Waals surface area contributed by atoms with Crippen LogP contribution < -0.4 is 0 Å². The molecule has 0 fully saturated rings. The molecule has 4 nitrogen and oxygen atoms in total. The Morgan fingerprint density at radius 3 is 2.67 bits per heavy atom. The average Bonchev–Trinajstić information content (AvgIpc) is 2.55. The van der Waals surface area contributed by atoms with Crippen LogP contribution in [0.25, 0.3) is 10.8 Å². The smallest absolute Gasteiger partial charge is 0.313 e. The number of hydrogen-bond donors (Lipinski definition) is 2. The zero-order valence-corrected chi connectivity index (χ0v) is 14.7. The maximum atomic E-state index is 14.1. The third-order valence-electron chi connectivity index (χ3n) is 3.79. The van der Waals surface area contributed by atoms with Gasteiger partial charge in [0.25, 0.3) is 0 Å². The van der Waals surface area contributed by atoms with Crippen molar-refractivity contribution in [3.63, 3.8) is 0 Å². The SMILES string of the molecule is O=C(O)C(Cc1ccc(Br)cc1F)c1n[nH]c(=S)c2ccccc12. The number of aromatic nitrogens is 2. The van der Waals surface area contributed by atoms with Crippen LogP contribution in [0.15, 0.2) is 46.9 Å². The lowest BCUT2D eigenvalue weighted by Gasteiger charge is -2.14. The van der Waals surface area contributed by atoms with Gasteiger partial charge < -0.3 is 5.11 Å². The first-order chi connectivity index (χ1) is 11.5. The van der Waals surface area contributed by atoms with Gasteiger partial charge in [-0.3, -0.25) is 9.89 Å². The number of halogens is 2. The lowest BCUT2D eigenvalue weighted by Crippen LogP contribution is -2.17. The topological polar surface area (TPSA) is 66.0 Å². The third-order valence-corrected chi connectivity index (χ3v) is 4.60. The molecule has 0 spiro atoms. The lowest BCUT2D eigenvalue weighted by molar-refractivity contribution is -0.138. The summed E-state index contributed by atoms with van der Waals surface area (Å²) in [6.45, 7) is 0. The van der Waals surface area contributed by atoms with E-state index in [9.17, 15) is 14.3 Å². The van der Waals surface area contributed by atoms with Crippen LogP contribution in [0.4, 0.5) is 4.39 Å². The van der Waals surface area contributed by atoms with Gasteiger partial charge in [0.15, 0.2) is 0 Å². The molecular weight excluding hydrogens is 395 g/mol. The van der Waals surface area contributed by atoms with Gasteiger partial charge in [-0.25, -0.2) is 4.39 Å². The van der Waals surface area contributed by atoms with Crippen LogP contribution >= 0.6 is 28.1 Å². The molecule has 0 saturated heterocycles. The van der Waals surface area contributed by atoms with E-state index >= 15 is 0 Å². The molecule has 7 heteroatoms. The van der Waals surface area contributed by atoms with Crippen molar-refractivity contribution in [1.29, 1.82) is 0 Å². The minimum atomic E-state index is -1.07. The molecule has 1 atom stereocenters. The van der Waals surface area contributed by atoms with Crippen LogP contribution in [-0.2, 0) is 11.2 Å². The van der Waals surface area contributed by atoms with Crippen LogP contribution in [0.2, 0.25) is 0 Å².